The summed E-state index contributed by atoms with van der Waals surface area (Å²) in [6.45, 7) is 14.2. The number of carbonyl (C=O) groups excluding carboxylic acids is 2. The van der Waals surface area contributed by atoms with Gasteiger partial charge in [0.25, 0.3) is 5.91 Å². The number of carbonyl (C=O) groups is 2. The fraction of sp³-hybridized carbons (Fsp3) is 0.500. The number of amides is 2. The van der Waals surface area contributed by atoms with Gasteiger partial charge in [0.15, 0.2) is 6.61 Å². The van der Waals surface area contributed by atoms with Gasteiger partial charge in [-0.25, -0.2) is 4.98 Å². The number of aromatic nitrogens is 2. The molecular weight excluding hydrogens is 472 g/mol. The van der Waals surface area contributed by atoms with Crippen LogP contribution < -0.4 is 10.1 Å². The van der Waals surface area contributed by atoms with Gasteiger partial charge in [-0.05, 0) is 38.3 Å². The lowest BCUT2D eigenvalue weighted by Crippen LogP contribution is -2.47. The van der Waals surface area contributed by atoms with Gasteiger partial charge < -0.3 is 23.9 Å². The van der Waals surface area contributed by atoms with E-state index < -0.39 is 6.04 Å². The van der Waals surface area contributed by atoms with Crippen LogP contribution >= 0.6 is 0 Å². The summed E-state index contributed by atoms with van der Waals surface area (Å²) in [4.78, 5) is 32.6. The highest BCUT2D eigenvalue weighted by molar-refractivity contribution is 5.99. The molecule has 0 fully saturated rings. The summed E-state index contributed by atoms with van der Waals surface area (Å²) < 4.78 is 16.9. The van der Waals surface area contributed by atoms with Crippen LogP contribution in [0.25, 0.3) is 0 Å². The maximum Gasteiger partial charge on any atom is 0.255 e. The summed E-state index contributed by atoms with van der Waals surface area (Å²) >= 11 is 0. The fourth-order valence-corrected chi connectivity index (χ4v) is 3.88. The second-order valence-corrected chi connectivity index (χ2v) is 10.8. The molecule has 9 nitrogen and oxygen atoms in total. The molecule has 0 radical (unpaired) electrons. The Balaban J connectivity index is 1.73. The molecule has 3 rings (SSSR count). The number of oxazole rings is 1. The lowest BCUT2D eigenvalue weighted by atomic mass is 9.94. The number of ether oxygens (including phenoxy) is 1. The van der Waals surface area contributed by atoms with Crippen LogP contribution in [0.15, 0.2) is 39.4 Å². The summed E-state index contributed by atoms with van der Waals surface area (Å²) in [5.74, 6) is 1.86. The van der Waals surface area contributed by atoms with E-state index in [-0.39, 0.29) is 29.8 Å². The lowest BCUT2D eigenvalue weighted by Gasteiger charge is -2.26. The molecule has 2 aromatic heterocycles. The van der Waals surface area contributed by atoms with Crippen LogP contribution in [-0.2, 0) is 23.4 Å². The molecule has 1 atom stereocenters. The third kappa shape index (κ3) is 7.21. The number of benzene rings is 1. The van der Waals surface area contributed by atoms with Crippen LogP contribution in [-0.4, -0.2) is 39.9 Å². The molecule has 0 saturated heterocycles. The van der Waals surface area contributed by atoms with E-state index in [1.165, 1.54) is 0 Å². The Morgan fingerprint density at radius 3 is 2.46 bits per heavy atom. The van der Waals surface area contributed by atoms with Gasteiger partial charge in [-0.2, -0.15) is 0 Å². The second kappa shape index (κ2) is 11.6. The number of nitrogens with zero attached hydrogens (tertiary/aromatic N) is 3. The second-order valence-electron chi connectivity index (χ2n) is 10.8. The Hall–Kier alpha value is -3.62. The van der Waals surface area contributed by atoms with Gasteiger partial charge >= 0.3 is 0 Å². The van der Waals surface area contributed by atoms with E-state index >= 15 is 0 Å². The van der Waals surface area contributed by atoms with Crippen LogP contribution in [0.2, 0.25) is 0 Å². The minimum absolute atomic E-state index is 0.0783. The molecule has 37 heavy (non-hydrogen) atoms. The molecule has 0 unspecified atom stereocenters. The molecule has 0 spiro atoms. The van der Waals surface area contributed by atoms with Crippen molar-refractivity contribution in [2.24, 2.45) is 5.92 Å². The highest BCUT2D eigenvalue weighted by Crippen LogP contribution is 2.24. The van der Waals surface area contributed by atoms with Crippen molar-refractivity contribution in [3.8, 4) is 5.75 Å². The predicted octanol–water partition coefficient (Wildman–Crippen LogP) is 4.96. The lowest BCUT2D eigenvalue weighted by molar-refractivity contribution is -0.132. The molecule has 3 aromatic rings. The van der Waals surface area contributed by atoms with E-state index in [0.29, 0.717) is 35.9 Å². The number of para-hydroxylation sites is 1. The Kier molecular flexibility index (Phi) is 8.78. The number of rotatable bonds is 10. The van der Waals surface area contributed by atoms with Crippen LogP contribution in [0.3, 0.4) is 0 Å². The van der Waals surface area contributed by atoms with Gasteiger partial charge in [0.2, 0.25) is 11.8 Å². The average Bonchev–Trinajstić information content (AvgIpc) is 3.44. The summed E-state index contributed by atoms with van der Waals surface area (Å²) in [5.41, 5.74) is 1.78. The van der Waals surface area contributed by atoms with Crippen LogP contribution in [0.5, 0.6) is 5.75 Å². The van der Waals surface area contributed by atoms with Crippen molar-refractivity contribution in [3.05, 3.63) is 64.7 Å². The molecule has 200 valence electrons. The SMILES string of the molecule is Cc1noc(C)c1CN(C)C(=O)[C@@H](CC(C)C)NC(=O)c1ccccc1OCc1ncc(C(C)(C)C)o1. The molecule has 1 N–H and O–H groups in total. The van der Waals surface area contributed by atoms with E-state index in [1.807, 2.05) is 48.5 Å². The van der Waals surface area contributed by atoms with Crippen molar-refractivity contribution >= 4 is 11.8 Å². The van der Waals surface area contributed by atoms with Gasteiger partial charge in [-0.3, -0.25) is 9.59 Å². The molecule has 0 aliphatic rings. The van der Waals surface area contributed by atoms with Crippen LogP contribution in [0, 0.1) is 19.8 Å². The summed E-state index contributed by atoms with van der Waals surface area (Å²) in [7, 11) is 1.72. The number of nitrogens with one attached hydrogen (secondary N) is 1. The zero-order valence-corrected chi connectivity index (χ0v) is 23.0. The number of hydrogen-bond donors (Lipinski definition) is 1. The first-order valence-electron chi connectivity index (χ1n) is 12.5. The topological polar surface area (TPSA) is 111 Å². The average molecular weight is 511 g/mol. The first kappa shape index (κ1) is 28.0. The number of hydrogen-bond acceptors (Lipinski definition) is 7. The summed E-state index contributed by atoms with van der Waals surface area (Å²) in [6, 6.07) is 6.23. The molecule has 0 aliphatic heterocycles. The summed E-state index contributed by atoms with van der Waals surface area (Å²) in [5, 5.41) is 6.89. The molecular formula is C28H38N4O5. The fourth-order valence-electron chi connectivity index (χ4n) is 3.88. The number of aryl methyl sites for hydroxylation is 2. The largest absolute Gasteiger partial charge is 0.483 e. The highest BCUT2D eigenvalue weighted by Gasteiger charge is 2.28. The van der Waals surface area contributed by atoms with E-state index in [1.54, 1.807) is 42.4 Å². The zero-order chi connectivity index (χ0) is 27.3. The van der Waals surface area contributed by atoms with Gasteiger partial charge in [0.05, 0.1) is 24.0 Å². The normalized spacial score (nSPS) is 12.5. The molecule has 2 amide bonds. The molecule has 0 aliphatic carbocycles. The van der Waals surface area contributed by atoms with Gasteiger partial charge in [0.1, 0.15) is 23.3 Å². The molecule has 2 heterocycles. The monoisotopic (exact) mass is 510 g/mol. The Bertz CT molecular complexity index is 1200. The Morgan fingerprint density at radius 1 is 1.16 bits per heavy atom. The first-order chi connectivity index (χ1) is 17.4. The highest BCUT2D eigenvalue weighted by atomic mass is 16.5. The minimum Gasteiger partial charge on any atom is -0.483 e. The molecule has 0 saturated carbocycles. The van der Waals surface area contributed by atoms with Crippen molar-refractivity contribution < 1.29 is 23.3 Å². The molecule has 0 bridgehead atoms. The van der Waals surface area contributed by atoms with Crippen molar-refractivity contribution in [1.29, 1.82) is 0 Å². The first-order valence-corrected chi connectivity index (χ1v) is 12.5. The standard InChI is InChI=1S/C28H38N4O5/c1-17(2)13-22(27(34)32(8)15-21-18(3)31-37-19(21)4)30-26(33)20-11-9-10-12-23(20)35-16-25-29-14-24(36-25)28(5,6)7/h9-12,14,17,22H,13,15-16H2,1-8H3,(H,30,33)/t22-/m1/s1. The van der Waals surface area contributed by atoms with Gasteiger partial charge in [-0.1, -0.05) is 51.9 Å². The predicted molar refractivity (Wildman–Crippen MR) is 139 cm³/mol. The Morgan fingerprint density at radius 2 is 1.86 bits per heavy atom. The van der Waals surface area contributed by atoms with Gasteiger partial charge in [-0.15, -0.1) is 0 Å². The minimum atomic E-state index is -0.702. The number of likely N-dealkylation sites (N-methyl/N-ethyl adjacent to an activating group) is 1. The van der Waals surface area contributed by atoms with E-state index in [4.69, 9.17) is 13.7 Å². The van der Waals surface area contributed by atoms with Crippen molar-refractivity contribution in [1.82, 2.24) is 20.4 Å². The molecule has 1 aromatic carbocycles. The van der Waals surface area contributed by atoms with E-state index in [0.717, 1.165) is 17.0 Å². The van der Waals surface area contributed by atoms with Crippen molar-refractivity contribution in [2.75, 3.05) is 7.05 Å². The smallest absolute Gasteiger partial charge is 0.255 e. The maximum absolute atomic E-state index is 13.4. The Labute approximate surface area is 218 Å². The van der Waals surface area contributed by atoms with Crippen LogP contribution in [0.4, 0.5) is 0 Å². The van der Waals surface area contributed by atoms with Crippen molar-refractivity contribution in [3.63, 3.8) is 0 Å². The van der Waals surface area contributed by atoms with E-state index in [2.05, 4.69) is 15.5 Å². The zero-order valence-electron chi connectivity index (χ0n) is 23.0. The van der Waals surface area contributed by atoms with Crippen molar-refractivity contribution in [2.45, 2.75) is 79.5 Å². The third-order valence-electron chi connectivity index (χ3n) is 6.04. The molecule has 9 heteroatoms. The summed E-state index contributed by atoms with van der Waals surface area (Å²) in [6.07, 6.45) is 2.18. The van der Waals surface area contributed by atoms with E-state index in [9.17, 15) is 9.59 Å². The van der Waals surface area contributed by atoms with Gasteiger partial charge in [0, 0.05) is 18.0 Å². The third-order valence-corrected chi connectivity index (χ3v) is 6.04. The quantitative estimate of drug-likeness (QED) is 0.410. The maximum atomic E-state index is 13.4. The van der Waals surface area contributed by atoms with Crippen LogP contribution in [0.1, 0.15) is 80.1 Å².